The predicted molar refractivity (Wildman–Crippen MR) is 115 cm³/mol. The van der Waals surface area contributed by atoms with Gasteiger partial charge < -0.3 is 19.9 Å². The molecule has 0 aromatic heterocycles. The number of alkyl carbamates (subject to hydrolysis) is 1. The standard InChI is InChI=1S/C21H18Cl3NO6/c22-21(23,24)11-31-19(28)17(9-18(26)27)25-20(29)30-10-16-14-7-3-1-5-12(14)13-6-2-4-8-15(13)16/h1-8,16-17H,9-11H2,(H,25,29)(H,26,27). The number of esters is 1. The van der Waals surface area contributed by atoms with E-state index in [2.05, 4.69) is 5.32 Å². The molecule has 0 radical (unpaired) electrons. The highest BCUT2D eigenvalue weighted by molar-refractivity contribution is 6.67. The van der Waals surface area contributed by atoms with Crippen LogP contribution in [0.2, 0.25) is 0 Å². The van der Waals surface area contributed by atoms with E-state index in [1.807, 2.05) is 48.5 Å². The molecule has 0 heterocycles. The zero-order chi connectivity index (χ0) is 22.6. The summed E-state index contributed by atoms with van der Waals surface area (Å²) in [7, 11) is 0. The molecule has 0 bridgehead atoms. The average molecular weight is 487 g/mol. The van der Waals surface area contributed by atoms with Crippen molar-refractivity contribution in [2.24, 2.45) is 0 Å². The number of hydrogen-bond acceptors (Lipinski definition) is 5. The van der Waals surface area contributed by atoms with Gasteiger partial charge in [-0.2, -0.15) is 0 Å². The third kappa shape index (κ3) is 6.03. The Labute approximate surface area is 193 Å². The highest BCUT2D eigenvalue weighted by Crippen LogP contribution is 2.44. The number of ether oxygens (including phenoxy) is 2. The van der Waals surface area contributed by atoms with Crippen LogP contribution in [0.25, 0.3) is 11.1 Å². The zero-order valence-electron chi connectivity index (χ0n) is 16.0. The van der Waals surface area contributed by atoms with E-state index in [0.29, 0.717) is 0 Å². The number of benzene rings is 2. The Bertz CT molecular complexity index is 946. The summed E-state index contributed by atoms with van der Waals surface area (Å²) < 4.78 is 8.22. The fourth-order valence-electron chi connectivity index (χ4n) is 3.40. The van der Waals surface area contributed by atoms with Gasteiger partial charge in [0, 0.05) is 5.92 Å². The molecule has 0 spiro atoms. The van der Waals surface area contributed by atoms with Crippen molar-refractivity contribution in [1.29, 1.82) is 0 Å². The second kappa shape index (κ2) is 9.77. The van der Waals surface area contributed by atoms with Crippen LogP contribution in [0.1, 0.15) is 23.5 Å². The molecule has 3 rings (SSSR count). The second-order valence-corrected chi connectivity index (χ2v) is 9.36. The van der Waals surface area contributed by atoms with Crippen molar-refractivity contribution in [3.8, 4) is 11.1 Å². The molecule has 2 aromatic carbocycles. The van der Waals surface area contributed by atoms with Crippen molar-refractivity contribution >= 4 is 52.8 Å². The minimum atomic E-state index is -1.87. The van der Waals surface area contributed by atoms with Gasteiger partial charge in [0.15, 0.2) is 0 Å². The van der Waals surface area contributed by atoms with Crippen LogP contribution in [-0.2, 0) is 19.1 Å². The van der Waals surface area contributed by atoms with Gasteiger partial charge in [0.25, 0.3) is 0 Å². The molecule has 0 saturated carbocycles. The van der Waals surface area contributed by atoms with Crippen molar-refractivity contribution in [3.63, 3.8) is 0 Å². The minimum absolute atomic E-state index is 0.00283. The summed E-state index contributed by atoms with van der Waals surface area (Å²) in [5, 5.41) is 11.2. The molecule has 31 heavy (non-hydrogen) atoms. The van der Waals surface area contributed by atoms with Crippen LogP contribution in [0.15, 0.2) is 48.5 Å². The monoisotopic (exact) mass is 485 g/mol. The van der Waals surface area contributed by atoms with E-state index < -0.39 is 40.9 Å². The molecule has 1 atom stereocenters. The number of alkyl halides is 3. The molecule has 1 aliphatic carbocycles. The lowest BCUT2D eigenvalue weighted by molar-refractivity contribution is -0.150. The SMILES string of the molecule is O=C(O)CC(NC(=O)OCC1c2ccccc2-c2ccccc21)C(=O)OCC(Cl)(Cl)Cl. The first-order valence-electron chi connectivity index (χ1n) is 9.22. The maximum atomic E-state index is 12.3. The molecule has 2 N–H and O–H groups in total. The van der Waals surface area contributed by atoms with E-state index in [9.17, 15) is 14.4 Å². The van der Waals surface area contributed by atoms with E-state index in [1.165, 1.54) is 0 Å². The summed E-state index contributed by atoms with van der Waals surface area (Å²) in [5.74, 6) is -2.57. The Hall–Kier alpha value is -2.48. The maximum absolute atomic E-state index is 12.3. The Kier molecular flexibility index (Phi) is 7.30. The molecule has 7 nitrogen and oxygen atoms in total. The van der Waals surface area contributed by atoms with Crippen LogP contribution >= 0.6 is 34.8 Å². The van der Waals surface area contributed by atoms with Gasteiger partial charge >= 0.3 is 18.0 Å². The van der Waals surface area contributed by atoms with Gasteiger partial charge in [0.2, 0.25) is 3.79 Å². The minimum Gasteiger partial charge on any atom is -0.481 e. The van der Waals surface area contributed by atoms with Gasteiger partial charge in [-0.05, 0) is 22.3 Å². The van der Waals surface area contributed by atoms with Crippen LogP contribution in [0.5, 0.6) is 0 Å². The first kappa shape index (κ1) is 23.2. The quantitative estimate of drug-likeness (QED) is 0.447. The molecule has 10 heteroatoms. The summed E-state index contributed by atoms with van der Waals surface area (Å²) in [6.07, 6.45) is -1.68. The molecule has 0 saturated heterocycles. The summed E-state index contributed by atoms with van der Waals surface area (Å²) in [6, 6.07) is 14.1. The number of hydrogen-bond donors (Lipinski definition) is 2. The van der Waals surface area contributed by atoms with Gasteiger partial charge in [-0.1, -0.05) is 83.3 Å². The molecule has 1 amide bonds. The van der Waals surface area contributed by atoms with Crippen molar-refractivity contribution in [1.82, 2.24) is 5.32 Å². The molecule has 0 fully saturated rings. The smallest absolute Gasteiger partial charge is 0.407 e. The Morgan fingerprint density at radius 1 is 0.968 bits per heavy atom. The van der Waals surface area contributed by atoms with Crippen LogP contribution in [-0.4, -0.2) is 46.2 Å². The molecular formula is C21H18Cl3NO6. The summed E-state index contributed by atoms with van der Waals surface area (Å²) in [5.41, 5.74) is 4.15. The van der Waals surface area contributed by atoms with E-state index >= 15 is 0 Å². The van der Waals surface area contributed by atoms with Crippen LogP contribution in [0.4, 0.5) is 4.79 Å². The first-order chi connectivity index (χ1) is 14.7. The van der Waals surface area contributed by atoms with Crippen molar-refractivity contribution < 1.29 is 29.0 Å². The van der Waals surface area contributed by atoms with Crippen molar-refractivity contribution in [3.05, 3.63) is 59.7 Å². The lowest BCUT2D eigenvalue weighted by Crippen LogP contribution is -2.44. The number of carbonyl (C=O) groups is 3. The Balaban J connectivity index is 1.65. The number of fused-ring (bicyclic) bond motifs is 3. The van der Waals surface area contributed by atoms with Gasteiger partial charge in [0.1, 0.15) is 19.3 Å². The van der Waals surface area contributed by atoms with E-state index in [1.54, 1.807) is 0 Å². The van der Waals surface area contributed by atoms with Crippen LogP contribution in [0, 0.1) is 0 Å². The molecule has 1 aliphatic rings. The maximum Gasteiger partial charge on any atom is 0.407 e. The first-order valence-corrected chi connectivity index (χ1v) is 10.4. The van der Waals surface area contributed by atoms with E-state index in [-0.39, 0.29) is 12.5 Å². The highest BCUT2D eigenvalue weighted by Gasteiger charge is 2.31. The molecule has 164 valence electrons. The number of halogens is 3. The zero-order valence-corrected chi connectivity index (χ0v) is 18.3. The van der Waals surface area contributed by atoms with Crippen LogP contribution in [0.3, 0.4) is 0 Å². The van der Waals surface area contributed by atoms with Gasteiger partial charge in [-0.3, -0.25) is 4.79 Å². The number of rotatable bonds is 7. The third-order valence-corrected chi connectivity index (χ3v) is 5.00. The van der Waals surface area contributed by atoms with Crippen molar-refractivity contribution in [2.45, 2.75) is 22.2 Å². The lowest BCUT2D eigenvalue weighted by atomic mass is 9.98. The summed E-state index contributed by atoms with van der Waals surface area (Å²) in [4.78, 5) is 35.5. The Morgan fingerprint density at radius 2 is 1.52 bits per heavy atom. The van der Waals surface area contributed by atoms with Crippen LogP contribution < -0.4 is 5.32 Å². The average Bonchev–Trinajstić information content (AvgIpc) is 3.03. The van der Waals surface area contributed by atoms with Crippen molar-refractivity contribution in [2.75, 3.05) is 13.2 Å². The number of carboxylic acids is 1. The molecular weight excluding hydrogens is 469 g/mol. The fourth-order valence-corrected chi connectivity index (χ4v) is 3.57. The van der Waals surface area contributed by atoms with Gasteiger partial charge in [0.05, 0.1) is 6.42 Å². The fraction of sp³-hybridized carbons (Fsp3) is 0.286. The number of carbonyl (C=O) groups excluding carboxylic acids is 2. The summed E-state index contributed by atoms with van der Waals surface area (Å²) >= 11 is 16.6. The number of amides is 1. The number of nitrogens with one attached hydrogen (secondary N) is 1. The molecule has 1 unspecified atom stereocenters. The number of aliphatic carboxylic acids is 1. The van der Waals surface area contributed by atoms with Gasteiger partial charge in [-0.25, -0.2) is 9.59 Å². The van der Waals surface area contributed by atoms with E-state index in [0.717, 1.165) is 22.3 Å². The largest absolute Gasteiger partial charge is 0.481 e. The predicted octanol–water partition coefficient (Wildman–Crippen LogP) is 4.28. The van der Waals surface area contributed by atoms with Gasteiger partial charge in [-0.15, -0.1) is 0 Å². The van der Waals surface area contributed by atoms with E-state index in [4.69, 9.17) is 49.4 Å². The molecule has 2 aromatic rings. The molecule has 0 aliphatic heterocycles. The second-order valence-electron chi connectivity index (χ2n) is 6.84. The number of carboxylic acid groups (broad SMARTS) is 1. The topological polar surface area (TPSA) is 102 Å². The highest BCUT2D eigenvalue weighted by atomic mass is 35.6. The summed E-state index contributed by atoms with van der Waals surface area (Å²) in [6.45, 7) is -0.595. The Morgan fingerprint density at radius 3 is 2.03 bits per heavy atom. The normalized spacial score (nSPS) is 13.6. The third-order valence-electron chi connectivity index (χ3n) is 4.68. The lowest BCUT2D eigenvalue weighted by Gasteiger charge is -2.19.